The minimum absolute atomic E-state index is 0.0488. The van der Waals surface area contributed by atoms with Gasteiger partial charge in [0.1, 0.15) is 12.1 Å². The summed E-state index contributed by atoms with van der Waals surface area (Å²) in [6.07, 6.45) is 4.33. The van der Waals surface area contributed by atoms with E-state index < -0.39 is 30.1 Å². The Labute approximate surface area is 181 Å². The number of benzene rings is 1. The summed E-state index contributed by atoms with van der Waals surface area (Å²) in [5.74, 6) is -1.06. The van der Waals surface area contributed by atoms with Gasteiger partial charge in [0.2, 0.25) is 5.91 Å². The van der Waals surface area contributed by atoms with E-state index >= 15 is 0 Å². The second-order valence-electron chi connectivity index (χ2n) is 8.23. The van der Waals surface area contributed by atoms with E-state index in [2.05, 4.69) is 5.32 Å². The highest BCUT2D eigenvalue weighted by molar-refractivity contribution is 7.98. The average molecular weight is 435 g/mol. The molecule has 1 amide bonds. The Morgan fingerprint density at radius 1 is 1.17 bits per heavy atom. The molecule has 8 heteroatoms. The van der Waals surface area contributed by atoms with Crippen molar-refractivity contribution in [2.45, 2.75) is 68.9 Å². The first kappa shape index (κ1) is 22.6. The molecule has 7 nitrogen and oxygen atoms in total. The number of likely N-dealkylation sites (tertiary alicyclic amines) is 1. The van der Waals surface area contributed by atoms with Gasteiger partial charge in [0, 0.05) is 17.5 Å². The predicted molar refractivity (Wildman–Crippen MR) is 115 cm³/mol. The second kappa shape index (κ2) is 10.3. The quantitative estimate of drug-likeness (QED) is 0.548. The Kier molecular flexibility index (Phi) is 7.77. The molecule has 1 aromatic rings. The van der Waals surface area contributed by atoms with Gasteiger partial charge in [0.05, 0.1) is 6.04 Å². The number of nitrogens with one attached hydrogen (secondary N) is 1. The van der Waals surface area contributed by atoms with Crippen LogP contribution in [-0.2, 0) is 20.1 Å². The fourth-order valence-electron chi connectivity index (χ4n) is 4.65. The van der Waals surface area contributed by atoms with E-state index in [4.69, 9.17) is 0 Å². The molecule has 1 saturated carbocycles. The number of carboxylic acids is 2. The first-order valence-corrected chi connectivity index (χ1v) is 11.7. The zero-order chi connectivity index (χ0) is 21.7. The summed E-state index contributed by atoms with van der Waals surface area (Å²) in [5, 5.41) is 22.2. The second-order valence-corrected chi connectivity index (χ2v) is 9.26. The number of rotatable bonds is 9. The van der Waals surface area contributed by atoms with Crippen LogP contribution in [0, 0.1) is 5.92 Å². The number of nitrogens with zero attached hydrogens (tertiary/aromatic N) is 1. The number of thioether (sulfide) groups is 1. The maximum atomic E-state index is 13.2. The monoisotopic (exact) mass is 434 g/mol. The van der Waals surface area contributed by atoms with Gasteiger partial charge in [-0.2, -0.15) is 11.8 Å². The van der Waals surface area contributed by atoms with Crippen LogP contribution in [0.2, 0.25) is 0 Å². The molecule has 1 aliphatic carbocycles. The number of carbonyl (C=O) groups excluding carboxylic acids is 1. The smallest absolute Gasteiger partial charge is 0.326 e. The lowest BCUT2D eigenvalue weighted by Gasteiger charge is -2.35. The zero-order valence-corrected chi connectivity index (χ0v) is 18.0. The topological polar surface area (TPSA) is 107 Å². The van der Waals surface area contributed by atoms with Crippen molar-refractivity contribution in [3.63, 3.8) is 0 Å². The molecule has 30 heavy (non-hydrogen) atoms. The minimum Gasteiger partial charge on any atom is -0.480 e. The normalized spacial score (nSPS) is 25.4. The van der Waals surface area contributed by atoms with Crippen molar-refractivity contribution in [2.24, 2.45) is 5.92 Å². The molecule has 1 aliphatic heterocycles. The van der Waals surface area contributed by atoms with Crippen molar-refractivity contribution in [3.8, 4) is 0 Å². The molecule has 0 bridgehead atoms. The molecule has 2 fully saturated rings. The van der Waals surface area contributed by atoms with Crippen LogP contribution in [-0.4, -0.2) is 62.9 Å². The predicted octanol–water partition coefficient (Wildman–Crippen LogP) is 2.60. The first-order chi connectivity index (χ1) is 14.4. The lowest BCUT2D eigenvalue weighted by atomic mass is 9.84. The van der Waals surface area contributed by atoms with Crippen LogP contribution in [0.1, 0.15) is 44.6 Å². The van der Waals surface area contributed by atoms with Crippen molar-refractivity contribution < 1.29 is 24.6 Å². The number of hydrogen-bond donors (Lipinski definition) is 3. The van der Waals surface area contributed by atoms with Gasteiger partial charge in [0.25, 0.3) is 0 Å². The molecule has 3 rings (SSSR count). The number of carbonyl (C=O) groups is 3. The lowest BCUT2D eigenvalue weighted by Crippen LogP contribution is -2.56. The average Bonchev–Trinajstić information content (AvgIpc) is 3.13. The highest BCUT2D eigenvalue weighted by Crippen LogP contribution is 2.40. The summed E-state index contributed by atoms with van der Waals surface area (Å²) in [6, 6.07) is 7.29. The molecule has 0 aromatic heterocycles. The van der Waals surface area contributed by atoms with E-state index in [1.165, 1.54) is 16.7 Å². The Hall–Kier alpha value is -2.06. The molecule has 1 heterocycles. The van der Waals surface area contributed by atoms with E-state index in [0.29, 0.717) is 17.9 Å². The molecule has 0 spiro atoms. The Morgan fingerprint density at radius 3 is 2.53 bits per heavy atom. The van der Waals surface area contributed by atoms with Crippen molar-refractivity contribution >= 4 is 29.6 Å². The molecule has 164 valence electrons. The van der Waals surface area contributed by atoms with Crippen LogP contribution in [0.4, 0.5) is 0 Å². The van der Waals surface area contributed by atoms with Crippen molar-refractivity contribution in [1.29, 1.82) is 0 Å². The lowest BCUT2D eigenvalue weighted by molar-refractivity contribution is -0.151. The van der Waals surface area contributed by atoms with Gasteiger partial charge in [-0.3, -0.25) is 14.9 Å². The fourth-order valence-corrected chi connectivity index (χ4v) is 5.67. The maximum absolute atomic E-state index is 13.2. The molecule has 5 atom stereocenters. The SMILES string of the molecule is CC(N[C@H](CSCc1ccccc1)C(=O)O)C(=O)N1C2CCCCC2C[C@H]1C(=O)O. The van der Waals surface area contributed by atoms with E-state index in [9.17, 15) is 24.6 Å². The number of hydrogen-bond acceptors (Lipinski definition) is 5. The summed E-state index contributed by atoms with van der Waals surface area (Å²) in [4.78, 5) is 38.2. The third kappa shape index (κ3) is 5.35. The third-order valence-electron chi connectivity index (χ3n) is 6.14. The van der Waals surface area contributed by atoms with Gasteiger partial charge in [-0.25, -0.2) is 4.79 Å². The maximum Gasteiger partial charge on any atom is 0.326 e. The molecule has 3 unspecified atom stereocenters. The van der Waals surface area contributed by atoms with Gasteiger partial charge in [-0.1, -0.05) is 43.2 Å². The Morgan fingerprint density at radius 2 is 1.87 bits per heavy atom. The van der Waals surface area contributed by atoms with Crippen molar-refractivity contribution in [1.82, 2.24) is 10.2 Å². The van der Waals surface area contributed by atoms with Crippen molar-refractivity contribution in [2.75, 3.05) is 5.75 Å². The summed E-state index contributed by atoms with van der Waals surface area (Å²) < 4.78 is 0. The highest BCUT2D eigenvalue weighted by Gasteiger charge is 2.48. The van der Waals surface area contributed by atoms with Crippen molar-refractivity contribution in [3.05, 3.63) is 35.9 Å². The largest absolute Gasteiger partial charge is 0.480 e. The van der Waals surface area contributed by atoms with Gasteiger partial charge in [-0.05, 0) is 37.7 Å². The zero-order valence-electron chi connectivity index (χ0n) is 17.2. The first-order valence-electron chi connectivity index (χ1n) is 10.5. The highest BCUT2D eigenvalue weighted by atomic mass is 32.2. The van der Waals surface area contributed by atoms with Crippen LogP contribution in [0.15, 0.2) is 30.3 Å². The Bertz CT molecular complexity index is 759. The standard InChI is InChI=1S/C22H30N2O5S/c1-14(23-17(21(26)27)13-30-12-15-7-3-2-4-8-15)20(25)24-18-10-6-5-9-16(18)11-19(24)22(28)29/h2-4,7-8,14,16-19,23H,5-6,9-13H2,1H3,(H,26,27)(H,28,29)/t14?,16?,17-,18?,19+/m1/s1. The third-order valence-corrected chi connectivity index (χ3v) is 7.25. The molecular weight excluding hydrogens is 404 g/mol. The fraction of sp³-hybridized carbons (Fsp3) is 0.591. The summed E-state index contributed by atoms with van der Waals surface area (Å²) in [6.45, 7) is 1.63. The van der Waals surface area contributed by atoms with E-state index in [-0.39, 0.29) is 17.9 Å². The van der Waals surface area contributed by atoms with Gasteiger partial charge in [-0.15, -0.1) is 0 Å². The summed E-state index contributed by atoms with van der Waals surface area (Å²) in [7, 11) is 0. The van der Waals surface area contributed by atoms with E-state index in [1.54, 1.807) is 6.92 Å². The van der Waals surface area contributed by atoms with Crippen LogP contribution >= 0.6 is 11.8 Å². The molecule has 1 saturated heterocycles. The van der Waals surface area contributed by atoms with Crippen LogP contribution in [0.25, 0.3) is 0 Å². The van der Waals surface area contributed by atoms with Gasteiger partial charge < -0.3 is 15.1 Å². The number of fused-ring (bicyclic) bond motifs is 1. The molecule has 0 radical (unpaired) electrons. The van der Waals surface area contributed by atoms with Crippen LogP contribution < -0.4 is 5.32 Å². The molecule has 1 aromatic carbocycles. The molecule has 3 N–H and O–H groups in total. The van der Waals surface area contributed by atoms with E-state index in [1.807, 2.05) is 30.3 Å². The number of aliphatic carboxylic acids is 2. The minimum atomic E-state index is -1.01. The van der Waals surface area contributed by atoms with Gasteiger partial charge >= 0.3 is 11.9 Å². The Balaban J connectivity index is 1.61. The van der Waals surface area contributed by atoms with Gasteiger partial charge in [0.15, 0.2) is 0 Å². The number of amides is 1. The summed E-state index contributed by atoms with van der Waals surface area (Å²) in [5.41, 5.74) is 1.11. The van der Waals surface area contributed by atoms with Crippen LogP contribution in [0.3, 0.4) is 0 Å². The molecular formula is C22H30N2O5S. The number of carboxylic acid groups (broad SMARTS) is 2. The summed E-state index contributed by atoms with van der Waals surface area (Å²) >= 11 is 1.49. The van der Waals surface area contributed by atoms with E-state index in [0.717, 1.165) is 31.2 Å². The van der Waals surface area contributed by atoms with Crippen LogP contribution in [0.5, 0.6) is 0 Å². The molecule has 2 aliphatic rings.